The molecule has 44 heavy (non-hydrogen) atoms. The molecule has 2 heteroatoms. The highest BCUT2D eigenvalue weighted by atomic mass is 32.1. The van der Waals surface area contributed by atoms with E-state index in [9.17, 15) is 0 Å². The molecule has 0 radical (unpaired) electrons. The van der Waals surface area contributed by atoms with Crippen molar-refractivity contribution >= 4 is 74.9 Å². The second-order valence-electron chi connectivity index (χ2n) is 12.0. The molecule has 0 saturated heterocycles. The van der Waals surface area contributed by atoms with E-state index < -0.39 is 0 Å². The second-order valence-corrected chi connectivity index (χ2v) is 13.1. The molecule has 0 bridgehead atoms. The van der Waals surface area contributed by atoms with Gasteiger partial charge in [-0.05, 0) is 99.6 Å². The average Bonchev–Trinajstić information content (AvgIpc) is 3.62. The molecule has 0 spiro atoms. The Kier molecular flexibility index (Phi) is 5.86. The van der Waals surface area contributed by atoms with Gasteiger partial charge in [-0.1, -0.05) is 98.3 Å². The number of unbranched alkanes of at least 4 members (excludes halogenated alkanes) is 1. The van der Waals surface area contributed by atoms with Crippen LogP contribution in [-0.2, 0) is 6.42 Å². The van der Waals surface area contributed by atoms with Crippen molar-refractivity contribution in [2.75, 3.05) is 0 Å². The van der Waals surface area contributed by atoms with Crippen molar-refractivity contribution in [3.05, 3.63) is 139 Å². The van der Waals surface area contributed by atoms with Crippen molar-refractivity contribution in [3.8, 4) is 16.8 Å². The molecular formula is C42H31NS. The number of benzene rings is 7. The predicted octanol–water partition coefficient (Wildman–Crippen LogP) is 12.5. The lowest BCUT2D eigenvalue weighted by molar-refractivity contribution is 0.796. The molecule has 0 saturated carbocycles. The average molecular weight is 582 g/mol. The molecule has 9 rings (SSSR count). The standard InChI is InChI=1S/C42H31NS/c1-2-3-8-27-13-14-28-15-19-33(24-32(28)23-27)43-38-12-7-6-11-35(38)36-25-30(16-20-39(36)43)31-18-21-40-37(26-31)42-34-10-5-4-9-29(34)17-22-41(42)44-40/h4-7,9-26H,2-3,8H2,1H3. The molecule has 0 aliphatic rings. The first-order valence-corrected chi connectivity index (χ1v) is 16.5. The van der Waals surface area contributed by atoms with Gasteiger partial charge in [0.15, 0.2) is 0 Å². The van der Waals surface area contributed by atoms with Crippen molar-refractivity contribution in [2.45, 2.75) is 26.2 Å². The zero-order valence-electron chi connectivity index (χ0n) is 24.7. The van der Waals surface area contributed by atoms with Crippen molar-refractivity contribution < 1.29 is 0 Å². The smallest absolute Gasteiger partial charge is 0.0541 e. The first kappa shape index (κ1) is 25.6. The van der Waals surface area contributed by atoms with Gasteiger partial charge in [-0.2, -0.15) is 0 Å². The lowest BCUT2D eigenvalue weighted by Crippen LogP contribution is -1.94. The van der Waals surface area contributed by atoms with Crippen LogP contribution < -0.4 is 0 Å². The largest absolute Gasteiger partial charge is 0.309 e. The number of aromatic nitrogens is 1. The summed E-state index contributed by atoms with van der Waals surface area (Å²) in [5.74, 6) is 0. The van der Waals surface area contributed by atoms with Crippen LogP contribution >= 0.6 is 11.3 Å². The third kappa shape index (κ3) is 3.98. The van der Waals surface area contributed by atoms with Gasteiger partial charge in [0.2, 0.25) is 0 Å². The van der Waals surface area contributed by atoms with Crippen molar-refractivity contribution in [2.24, 2.45) is 0 Å². The van der Waals surface area contributed by atoms with Crippen LogP contribution in [0.4, 0.5) is 0 Å². The summed E-state index contributed by atoms with van der Waals surface area (Å²) >= 11 is 1.89. The summed E-state index contributed by atoms with van der Waals surface area (Å²) in [6, 6.07) is 50.0. The molecule has 2 aromatic heterocycles. The summed E-state index contributed by atoms with van der Waals surface area (Å²) in [5.41, 5.74) is 7.63. The van der Waals surface area contributed by atoms with Crippen LogP contribution in [0.25, 0.3) is 80.3 Å². The minimum atomic E-state index is 1.14. The predicted molar refractivity (Wildman–Crippen MR) is 193 cm³/mol. The molecule has 0 amide bonds. The van der Waals surface area contributed by atoms with Gasteiger partial charge in [0.25, 0.3) is 0 Å². The summed E-state index contributed by atoms with van der Waals surface area (Å²) in [7, 11) is 0. The SMILES string of the molecule is CCCCc1ccc2ccc(-n3c4ccccc4c4cc(-c5ccc6sc7ccc8ccccc8c7c6c5)ccc43)cc2c1. The highest BCUT2D eigenvalue weighted by Gasteiger charge is 2.15. The molecular weight excluding hydrogens is 551 g/mol. The summed E-state index contributed by atoms with van der Waals surface area (Å²) in [6.45, 7) is 2.26. The molecule has 0 N–H and O–H groups in total. The zero-order valence-corrected chi connectivity index (χ0v) is 25.5. The number of hydrogen-bond acceptors (Lipinski definition) is 1. The molecule has 0 unspecified atom stereocenters. The molecule has 0 aliphatic carbocycles. The third-order valence-electron chi connectivity index (χ3n) is 9.33. The molecule has 210 valence electrons. The van der Waals surface area contributed by atoms with Crippen LogP contribution in [0, 0.1) is 0 Å². The molecule has 9 aromatic rings. The van der Waals surface area contributed by atoms with Gasteiger partial charge in [-0.15, -0.1) is 11.3 Å². The van der Waals surface area contributed by atoms with Crippen LogP contribution in [0.1, 0.15) is 25.3 Å². The molecule has 2 heterocycles. The number of thiophene rings is 1. The highest BCUT2D eigenvalue weighted by Crippen LogP contribution is 2.41. The minimum Gasteiger partial charge on any atom is -0.309 e. The number of hydrogen-bond donors (Lipinski definition) is 0. The van der Waals surface area contributed by atoms with E-state index in [1.807, 2.05) is 11.3 Å². The lowest BCUT2D eigenvalue weighted by atomic mass is 9.99. The Morgan fingerprint density at radius 1 is 0.523 bits per heavy atom. The number of rotatable bonds is 5. The van der Waals surface area contributed by atoms with Crippen molar-refractivity contribution in [1.29, 1.82) is 0 Å². The van der Waals surface area contributed by atoms with Gasteiger partial charge in [0.05, 0.1) is 11.0 Å². The van der Waals surface area contributed by atoms with E-state index in [1.165, 1.54) is 98.7 Å². The van der Waals surface area contributed by atoms with Gasteiger partial charge >= 0.3 is 0 Å². The Hall–Kier alpha value is -4.92. The van der Waals surface area contributed by atoms with Crippen LogP contribution in [0.5, 0.6) is 0 Å². The maximum atomic E-state index is 2.44. The third-order valence-corrected chi connectivity index (χ3v) is 10.5. The van der Waals surface area contributed by atoms with E-state index in [0.717, 1.165) is 6.42 Å². The molecule has 0 atom stereocenters. The van der Waals surface area contributed by atoms with Crippen LogP contribution in [0.2, 0.25) is 0 Å². The topological polar surface area (TPSA) is 4.93 Å². The van der Waals surface area contributed by atoms with Crippen molar-refractivity contribution in [1.82, 2.24) is 4.57 Å². The lowest BCUT2D eigenvalue weighted by Gasteiger charge is -2.11. The van der Waals surface area contributed by atoms with Crippen LogP contribution in [0.3, 0.4) is 0 Å². The normalized spacial score (nSPS) is 12.0. The Bertz CT molecular complexity index is 2540. The summed E-state index contributed by atoms with van der Waals surface area (Å²) < 4.78 is 5.13. The fourth-order valence-corrected chi connectivity index (χ4v) is 8.22. The number of nitrogens with zero attached hydrogens (tertiary/aromatic N) is 1. The van der Waals surface area contributed by atoms with E-state index in [0.29, 0.717) is 0 Å². The first-order valence-electron chi connectivity index (χ1n) is 15.7. The fraction of sp³-hybridized carbons (Fsp3) is 0.0952. The van der Waals surface area contributed by atoms with Gasteiger partial charge < -0.3 is 4.57 Å². The number of fused-ring (bicyclic) bond motifs is 9. The molecule has 0 aliphatic heterocycles. The van der Waals surface area contributed by atoms with E-state index in [2.05, 4.69) is 145 Å². The number of para-hydroxylation sites is 1. The maximum absolute atomic E-state index is 2.44. The quantitative estimate of drug-likeness (QED) is 0.190. The summed E-state index contributed by atoms with van der Waals surface area (Å²) in [6.07, 6.45) is 3.58. The van der Waals surface area contributed by atoms with E-state index in [-0.39, 0.29) is 0 Å². The minimum absolute atomic E-state index is 1.14. The maximum Gasteiger partial charge on any atom is 0.0541 e. The van der Waals surface area contributed by atoms with Crippen LogP contribution in [-0.4, -0.2) is 4.57 Å². The highest BCUT2D eigenvalue weighted by molar-refractivity contribution is 7.26. The van der Waals surface area contributed by atoms with Gasteiger partial charge in [0.1, 0.15) is 0 Å². The van der Waals surface area contributed by atoms with Crippen LogP contribution in [0.15, 0.2) is 133 Å². The Labute approximate surface area is 260 Å². The Balaban J connectivity index is 1.22. The first-order chi connectivity index (χ1) is 21.7. The summed E-state index contributed by atoms with van der Waals surface area (Å²) in [5, 5.41) is 10.5. The van der Waals surface area contributed by atoms with E-state index in [1.54, 1.807) is 0 Å². The monoisotopic (exact) mass is 581 g/mol. The van der Waals surface area contributed by atoms with E-state index in [4.69, 9.17) is 0 Å². The van der Waals surface area contributed by atoms with Gasteiger partial charge in [0, 0.05) is 36.6 Å². The zero-order chi connectivity index (χ0) is 29.2. The Morgan fingerprint density at radius 2 is 1.25 bits per heavy atom. The Morgan fingerprint density at radius 3 is 2.16 bits per heavy atom. The van der Waals surface area contributed by atoms with Crippen molar-refractivity contribution in [3.63, 3.8) is 0 Å². The molecule has 1 nitrogen and oxygen atoms in total. The molecule has 7 aromatic carbocycles. The fourth-order valence-electron chi connectivity index (χ4n) is 7.12. The molecule has 0 fully saturated rings. The van der Waals surface area contributed by atoms with E-state index >= 15 is 0 Å². The second kappa shape index (κ2) is 10.1. The van der Waals surface area contributed by atoms with Gasteiger partial charge in [-0.25, -0.2) is 0 Å². The summed E-state index contributed by atoms with van der Waals surface area (Å²) in [4.78, 5) is 0. The number of aryl methyl sites for hydroxylation is 1. The van der Waals surface area contributed by atoms with Gasteiger partial charge in [-0.3, -0.25) is 0 Å².